The zero-order valence-corrected chi connectivity index (χ0v) is 13.0. The molecular formula is C16H25N3O2. The van der Waals surface area contributed by atoms with Gasteiger partial charge in [0.15, 0.2) is 0 Å². The number of benzene rings is 1. The Balaban J connectivity index is 2.20. The van der Waals surface area contributed by atoms with Crippen LogP contribution in [0, 0.1) is 16.0 Å². The zero-order valence-electron chi connectivity index (χ0n) is 13.0. The number of hydrogen-bond donors (Lipinski definition) is 1. The molecule has 1 saturated carbocycles. The standard InChI is InChI=1S/C16H25N3O2/c1-3-17-14-10-7-11-15(16(14)19(20)21)18(2)12-13-8-5-4-6-9-13/h7,10-11,13,17H,3-6,8-9,12H2,1-2H3. The molecule has 0 aromatic heterocycles. The van der Waals surface area contributed by atoms with Gasteiger partial charge in [0.25, 0.3) is 0 Å². The van der Waals surface area contributed by atoms with Crippen molar-refractivity contribution < 1.29 is 4.92 Å². The van der Waals surface area contributed by atoms with Gasteiger partial charge in [0.1, 0.15) is 11.4 Å². The van der Waals surface area contributed by atoms with Crippen molar-refractivity contribution in [1.82, 2.24) is 0 Å². The van der Waals surface area contributed by atoms with Gasteiger partial charge >= 0.3 is 5.69 Å². The van der Waals surface area contributed by atoms with Gasteiger partial charge in [-0.3, -0.25) is 10.1 Å². The number of nitrogens with zero attached hydrogens (tertiary/aromatic N) is 2. The van der Waals surface area contributed by atoms with Gasteiger partial charge in [-0.2, -0.15) is 0 Å². The summed E-state index contributed by atoms with van der Waals surface area (Å²) >= 11 is 0. The second kappa shape index (κ2) is 7.29. The Labute approximate surface area is 126 Å². The molecule has 116 valence electrons. The number of nitrogens with one attached hydrogen (secondary N) is 1. The third-order valence-corrected chi connectivity index (χ3v) is 4.23. The lowest BCUT2D eigenvalue weighted by Crippen LogP contribution is -2.27. The lowest BCUT2D eigenvalue weighted by Gasteiger charge is -2.28. The highest BCUT2D eigenvalue weighted by Crippen LogP contribution is 2.36. The van der Waals surface area contributed by atoms with Crippen LogP contribution in [0.5, 0.6) is 0 Å². The van der Waals surface area contributed by atoms with E-state index in [-0.39, 0.29) is 10.6 Å². The van der Waals surface area contributed by atoms with Crippen molar-refractivity contribution in [3.63, 3.8) is 0 Å². The number of nitro groups is 1. The minimum Gasteiger partial charge on any atom is -0.380 e. The predicted molar refractivity (Wildman–Crippen MR) is 87.1 cm³/mol. The summed E-state index contributed by atoms with van der Waals surface area (Å²) in [5.41, 5.74) is 1.51. The number of hydrogen-bond acceptors (Lipinski definition) is 4. The van der Waals surface area contributed by atoms with Gasteiger partial charge in [-0.25, -0.2) is 0 Å². The molecule has 1 aliphatic rings. The molecule has 1 fully saturated rings. The Morgan fingerprint density at radius 2 is 2.05 bits per heavy atom. The molecule has 0 radical (unpaired) electrons. The van der Waals surface area contributed by atoms with Gasteiger partial charge in [0.2, 0.25) is 0 Å². The van der Waals surface area contributed by atoms with Crippen LogP contribution in [0.3, 0.4) is 0 Å². The second-order valence-corrected chi connectivity index (χ2v) is 5.85. The van der Waals surface area contributed by atoms with Crippen molar-refractivity contribution >= 4 is 17.1 Å². The quantitative estimate of drug-likeness (QED) is 0.634. The fourth-order valence-electron chi connectivity index (χ4n) is 3.22. The molecule has 0 aliphatic heterocycles. The Morgan fingerprint density at radius 3 is 2.67 bits per heavy atom. The third kappa shape index (κ3) is 3.86. The van der Waals surface area contributed by atoms with Gasteiger partial charge in [-0.15, -0.1) is 0 Å². The van der Waals surface area contributed by atoms with Gasteiger partial charge in [0, 0.05) is 20.1 Å². The monoisotopic (exact) mass is 291 g/mol. The summed E-state index contributed by atoms with van der Waals surface area (Å²) in [6.07, 6.45) is 6.39. The van der Waals surface area contributed by atoms with Crippen LogP contribution in [0.4, 0.5) is 17.1 Å². The summed E-state index contributed by atoms with van der Waals surface area (Å²) in [4.78, 5) is 13.2. The summed E-state index contributed by atoms with van der Waals surface area (Å²) < 4.78 is 0. The van der Waals surface area contributed by atoms with E-state index in [0.717, 1.165) is 6.54 Å². The van der Waals surface area contributed by atoms with E-state index in [1.54, 1.807) is 6.07 Å². The Hall–Kier alpha value is -1.78. The van der Waals surface area contributed by atoms with Crippen LogP contribution in [0.25, 0.3) is 0 Å². The maximum absolute atomic E-state index is 11.5. The van der Waals surface area contributed by atoms with E-state index < -0.39 is 0 Å². The van der Waals surface area contributed by atoms with Crippen molar-refractivity contribution in [3.8, 4) is 0 Å². The van der Waals surface area contributed by atoms with E-state index in [4.69, 9.17) is 0 Å². The Morgan fingerprint density at radius 1 is 1.33 bits per heavy atom. The van der Waals surface area contributed by atoms with Gasteiger partial charge in [-0.1, -0.05) is 25.3 Å². The highest BCUT2D eigenvalue weighted by Gasteiger charge is 2.24. The van der Waals surface area contributed by atoms with Gasteiger partial charge in [-0.05, 0) is 37.8 Å². The minimum absolute atomic E-state index is 0.192. The van der Waals surface area contributed by atoms with Crippen LogP contribution in [0.1, 0.15) is 39.0 Å². The summed E-state index contributed by atoms with van der Waals surface area (Å²) in [6.45, 7) is 3.52. The molecule has 0 amide bonds. The van der Waals surface area contributed by atoms with Crippen LogP contribution in [0.15, 0.2) is 18.2 Å². The summed E-state index contributed by atoms with van der Waals surface area (Å²) in [5, 5.41) is 14.5. The maximum atomic E-state index is 11.5. The lowest BCUT2D eigenvalue weighted by atomic mass is 9.89. The lowest BCUT2D eigenvalue weighted by molar-refractivity contribution is -0.383. The average molecular weight is 291 g/mol. The van der Waals surface area contributed by atoms with E-state index in [1.807, 2.05) is 26.1 Å². The Bertz CT molecular complexity index is 484. The van der Waals surface area contributed by atoms with E-state index >= 15 is 0 Å². The molecule has 0 saturated heterocycles. The first kappa shape index (κ1) is 15.6. The van der Waals surface area contributed by atoms with E-state index in [2.05, 4.69) is 10.2 Å². The van der Waals surface area contributed by atoms with Gasteiger partial charge in [0.05, 0.1) is 4.92 Å². The highest BCUT2D eigenvalue weighted by atomic mass is 16.6. The number of anilines is 2. The van der Waals surface area contributed by atoms with Crippen molar-refractivity contribution in [2.24, 2.45) is 5.92 Å². The second-order valence-electron chi connectivity index (χ2n) is 5.85. The number of para-hydroxylation sites is 1. The number of rotatable bonds is 6. The molecule has 0 atom stereocenters. The normalized spacial score (nSPS) is 15.7. The smallest absolute Gasteiger partial charge is 0.315 e. The van der Waals surface area contributed by atoms with Crippen LogP contribution in [0.2, 0.25) is 0 Å². The molecule has 0 spiro atoms. The molecule has 2 rings (SSSR count). The summed E-state index contributed by atoms with van der Waals surface area (Å²) in [7, 11) is 1.96. The minimum atomic E-state index is -0.273. The molecule has 1 aromatic rings. The first-order chi connectivity index (χ1) is 10.1. The van der Waals surface area contributed by atoms with E-state index in [9.17, 15) is 10.1 Å². The third-order valence-electron chi connectivity index (χ3n) is 4.23. The SMILES string of the molecule is CCNc1cccc(N(C)CC2CCCCC2)c1[N+](=O)[O-]. The molecule has 5 heteroatoms. The highest BCUT2D eigenvalue weighted by molar-refractivity contribution is 5.76. The van der Waals surface area contributed by atoms with Crippen molar-refractivity contribution in [1.29, 1.82) is 0 Å². The average Bonchev–Trinajstić information content (AvgIpc) is 2.48. The van der Waals surface area contributed by atoms with Crippen LogP contribution < -0.4 is 10.2 Å². The first-order valence-electron chi connectivity index (χ1n) is 7.86. The van der Waals surface area contributed by atoms with Crippen LogP contribution in [-0.4, -0.2) is 25.1 Å². The molecule has 0 unspecified atom stereocenters. The fraction of sp³-hybridized carbons (Fsp3) is 0.625. The molecule has 1 N–H and O–H groups in total. The molecule has 1 aromatic carbocycles. The van der Waals surface area contributed by atoms with Gasteiger partial charge < -0.3 is 10.2 Å². The number of nitro benzene ring substituents is 1. The summed E-state index contributed by atoms with van der Waals surface area (Å²) in [6, 6.07) is 5.51. The summed E-state index contributed by atoms with van der Waals surface area (Å²) in [5.74, 6) is 0.658. The van der Waals surface area contributed by atoms with Crippen molar-refractivity contribution in [2.75, 3.05) is 30.4 Å². The fourth-order valence-corrected chi connectivity index (χ4v) is 3.22. The molecule has 0 bridgehead atoms. The topological polar surface area (TPSA) is 58.4 Å². The van der Waals surface area contributed by atoms with Crippen LogP contribution >= 0.6 is 0 Å². The predicted octanol–water partition coefficient (Wildman–Crippen LogP) is 4.04. The molecule has 5 nitrogen and oxygen atoms in total. The molecular weight excluding hydrogens is 266 g/mol. The van der Waals surface area contributed by atoms with E-state index in [1.165, 1.54) is 32.1 Å². The molecule has 0 heterocycles. The molecule has 21 heavy (non-hydrogen) atoms. The maximum Gasteiger partial charge on any atom is 0.315 e. The van der Waals surface area contributed by atoms with Crippen LogP contribution in [-0.2, 0) is 0 Å². The largest absolute Gasteiger partial charge is 0.380 e. The van der Waals surface area contributed by atoms with Crippen molar-refractivity contribution in [2.45, 2.75) is 39.0 Å². The zero-order chi connectivity index (χ0) is 15.2. The molecule has 1 aliphatic carbocycles. The van der Waals surface area contributed by atoms with Crippen molar-refractivity contribution in [3.05, 3.63) is 28.3 Å². The Kier molecular flexibility index (Phi) is 5.42. The van der Waals surface area contributed by atoms with E-state index in [0.29, 0.717) is 23.8 Å². The first-order valence-corrected chi connectivity index (χ1v) is 7.86.